The van der Waals surface area contributed by atoms with Gasteiger partial charge < -0.3 is 20.7 Å². The molecule has 1 heterocycles. The maximum absolute atomic E-state index is 12.0. The molecule has 1 aromatic carbocycles. The number of amides is 1. The second-order valence-corrected chi connectivity index (χ2v) is 5.65. The van der Waals surface area contributed by atoms with Gasteiger partial charge in [0, 0.05) is 23.7 Å². The highest BCUT2D eigenvalue weighted by Gasteiger charge is 2.11. The number of methoxy groups -OCH3 is 1. The van der Waals surface area contributed by atoms with Crippen LogP contribution in [0.15, 0.2) is 29.6 Å². The highest BCUT2D eigenvalue weighted by molar-refractivity contribution is 7.14. The minimum absolute atomic E-state index is 0. The van der Waals surface area contributed by atoms with Crippen LogP contribution in [0.4, 0.5) is 10.8 Å². The fourth-order valence-corrected chi connectivity index (χ4v) is 2.38. The van der Waals surface area contributed by atoms with Gasteiger partial charge in [0.05, 0.1) is 7.11 Å². The Kier molecular flexibility index (Phi) is 10.4. The van der Waals surface area contributed by atoms with E-state index in [0.717, 1.165) is 11.4 Å². The number of hydrogen-bond acceptors (Lipinski definition) is 6. The van der Waals surface area contributed by atoms with Crippen LogP contribution in [0, 0.1) is 0 Å². The van der Waals surface area contributed by atoms with Gasteiger partial charge in [0.1, 0.15) is 11.4 Å². The second kappa shape index (κ2) is 11.1. The maximum Gasteiger partial charge on any atom is 0.270 e. The Labute approximate surface area is 158 Å². The first kappa shape index (κ1) is 22.5. The molecule has 2 aromatic rings. The minimum atomic E-state index is -0.166. The highest BCUT2D eigenvalue weighted by Crippen LogP contribution is 2.22. The summed E-state index contributed by atoms with van der Waals surface area (Å²) < 4.78 is 5.11. The molecule has 134 valence electrons. The molecule has 0 aliphatic heterocycles. The second-order valence-electron chi connectivity index (χ2n) is 4.79. The summed E-state index contributed by atoms with van der Waals surface area (Å²) in [7, 11) is 3.49. The van der Waals surface area contributed by atoms with Crippen molar-refractivity contribution in [1.82, 2.24) is 15.6 Å². The van der Waals surface area contributed by atoms with E-state index in [9.17, 15) is 4.79 Å². The molecule has 1 aromatic heterocycles. The number of benzene rings is 1. The predicted molar refractivity (Wildman–Crippen MR) is 104 cm³/mol. The molecule has 0 aliphatic carbocycles. The van der Waals surface area contributed by atoms with Gasteiger partial charge in [0.25, 0.3) is 5.91 Å². The lowest BCUT2D eigenvalue weighted by Gasteiger charge is -2.10. The van der Waals surface area contributed by atoms with Crippen molar-refractivity contribution >= 4 is 52.9 Å². The molecule has 1 unspecified atom stereocenters. The van der Waals surface area contributed by atoms with Crippen molar-refractivity contribution in [2.45, 2.75) is 13.0 Å². The van der Waals surface area contributed by atoms with Gasteiger partial charge in [-0.3, -0.25) is 4.79 Å². The van der Waals surface area contributed by atoms with Crippen LogP contribution in [0.25, 0.3) is 0 Å². The molecule has 9 heteroatoms. The van der Waals surface area contributed by atoms with Gasteiger partial charge in [0.15, 0.2) is 5.13 Å². The number of halogens is 2. The van der Waals surface area contributed by atoms with Crippen molar-refractivity contribution in [1.29, 1.82) is 0 Å². The van der Waals surface area contributed by atoms with Gasteiger partial charge in [-0.25, -0.2) is 4.98 Å². The minimum Gasteiger partial charge on any atom is -0.497 e. The molecule has 6 nitrogen and oxygen atoms in total. The zero-order valence-electron chi connectivity index (χ0n) is 13.7. The Balaban J connectivity index is 0.00000264. The Morgan fingerprint density at radius 1 is 1.29 bits per heavy atom. The third kappa shape index (κ3) is 6.52. The quantitative estimate of drug-likeness (QED) is 0.674. The molecule has 0 aliphatic rings. The fraction of sp³-hybridized carbons (Fsp3) is 0.333. The van der Waals surface area contributed by atoms with Crippen molar-refractivity contribution in [2.75, 3.05) is 26.0 Å². The monoisotopic (exact) mass is 392 g/mol. The third-order valence-electron chi connectivity index (χ3n) is 3.14. The zero-order valence-corrected chi connectivity index (χ0v) is 16.1. The number of hydrogen-bond donors (Lipinski definition) is 3. The van der Waals surface area contributed by atoms with E-state index in [4.69, 9.17) is 4.74 Å². The van der Waals surface area contributed by atoms with Crippen LogP contribution in [0.3, 0.4) is 0 Å². The summed E-state index contributed by atoms with van der Waals surface area (Å²) in [6.45, 7) is 2.56. The fourth-order valence-electron chi connectivity index (χ4n) is 1.67. The van der Waals surface area contributed by atoms with Crippen LogP contribution in [0.1, 0.15) is 17.4 Å². The Morgan fingerprint density at radius 2 is 1.96 bits per heavy atom. The largest absolute Gasteiger partial charge is 0.497 e. The number of nitrogens with zero attached hydrogens (tertiary/aromatic N) is 1. The van der Waals surface area contributed by atoms with E-state index in [-0.39, 0.29) is 36.8 Å². The lowest BCUT2D eigenvalue weighted by Crippen LogP contribution is -2.37. The van der Waals surface area contributed by atoms with E-state index in [1.54, 1.807) is 12.5 Å². The van der Waals surface area contributed by atoms with Gasteiger partial charge in [-0.1, -0.05) is 0 Å². The van der Waals surface area contributed by atoms with E-state index in [0.29, 0.717) is 17.4 Å². The topological polar surface area (TPSA) is 75.3 Å². The van der Waals surface area contributed by atoms with Crippen molar-refractivity contribution in [3.63, 3.8) is 0 Å². The number of anilines is 2. The number of nitrogens with one attached hydrogen (secondary N) is 3. The molecular formula is C15H22Cl2N4O2S. The Morgan fingerprint density at radius 3 is 2.54 bits per heavy atom. The summed E-state index contributed by atoms with van der Waals surface area (Å²) in [5.41, 5.74) is 1.32. The number of carbonyl (C=O) groups excluding carboxylic acids is 1. The lowest BCUT2D eigenvalue weighted by molar-refractivity contribution is 0.0946. The first-order valence-corrected chi connectivity index (χ1v) is 7.82. The molecule has 0 spiro atoms. The van der Waals surface area contributed by atoms with Crippen molar-refractivity contribution in [3.05, 3.63) is 35.3 Å². The van der Waals surface area contributed by atoms with E-state index < -0.39 is 0 Å². The first-order chi connectivity index (χ1) is 10.6. The van der Waals surface area contributed by atoms with Gasteiger partial charge in [0.2, 0.25) is 0 Å². The maximum atomic E-state index is 12.0. The van der Waals surface area contributed by atoms with Crippen LogP contribution >= 0.6 is 36.2 Å². The molecule has 24 heavy (non-hydrogen) atoms. The van der Waals surface area contributed by atoms with Crippen LogP contribution in [-0.2, 0) is 0 Å². The van der Waals surface area contributed by atoms with Crippen LogP contribution < -0.4 is 20.7 Å². The number of ether oxygens (including phenoxy) is 1. The van der Waals surface area contributed by atoms with E-state index in [1.807, 2.05) is 38.2 Å². The average Bonchev–Trinajstić information content (AvgIpc) is 3.01. The average molecular weight is 393 g/mol. The van der Waals surface area contributed by atoms with E-state index in [2.05, 4.69) is 20.9 Å². The van der Waals surface area contributed by atoms with Gasteiger partial charge >= 0.3 is 0 Å². The lowest BCUT2D eigenvalue weighted by atomic mass is 10.3. The highest BCUT2D eigenvalue weighted by atomic mass is 35.5. The SMILES string of the molecule is CNC(C)CNC(=O)c1csc(Nc2ccc(OC)cc2)n1.Cl.Cl. The van der Waals surface area contributed by atoms with Crippen LogP contribution in [0.2, 0.25) is 0 Å². The molecule has 1 amide bonds. The molecule has 0 fully saturated rings. The molecular weight excluding hydrogens is 371 g/mol. The van der Waals surface area contributed by atoms with Crippen molar-refractivity contribution < 1.29 is 9.53 Å². The zero-order chi connectivity index (χ0) is 15.9. The van der Waals surface area contributed by atoms with Gasteiger partial charge in [-0.05, 0) is 38.2 Å². The number of aromatic nitrogens is 1. The summed E-state index contributed by atoms with van der Waals surface area (Å²) in [5, 5.41) is 11.5. The van der Waals surface area contributed by atoms with Crippen LogP contribution in [0.5, 0.6) is 5.75 Å². The molecule has 0 saturated heterocycles. The summed E-state index contributed by atoms with van der Waals surface area (Å²) >= 11 is 1.39. The normalized spacial score (nSPS) is 10.8. The Bertz CT molecular complexity index is 622. The summed E-state index contributed by atoms with van der Waals surface area (Å²) in [6.07, 6.45) is 0. The molecule has 2 rings (SSSR count). The van der Waals surface area contributed by atoms with Crippen molar-refractivity contribution in [2.24, 2.45) is 0 Å². The first-order valence-electron chi connectivity index (χ1n) is 6.94. The molecule has 0 saturated carbocycles. The number of likely N-dealkylation sites (N-methyl/N-ethyl adjacent to an activating group) is 1. The van der Waals surface area contributed by atoms with Crippen LogP contribution in [-0.4, -0.2) is 37.6 Å². The van der Waals surface area contributed by atoms with Crippen molar-refractivity contribution in [3.8, 4) is 5.75 Å². The predicted octanol–water partition coefficient (Wildman–Crippen LogP) is 3.08. The standard InChI is InChI=1S/C15H20N4O2S.2ClH/c1-10(16-2)8-17-14(20)13-9-22-15(19-13)18-11-4-6-12(21-3)7-5-11;;/h4-7,9-10,16H,8H2,1-3H3,(H,17,20)(H,18,19);2*1H. The smallest absolute Gasteiger partial charge is 0.270 e. The molecule has 0 bridgehead atoms. The summed E-state index contributed by atoms with van der Waals surface area (Å²) in [4.78, 5) is 16.3. The van der Waals surface area contributed by atoms with Gasteiger partial charge in [-0.15, -0.1) is 36.2 Å². The summed E-state index contributed by atoms with van der Waals surface area (Å²) in [5.74, 6) is 0.629. The van der Waals surface area contributed by atoms with Gasteiger partial charge in [-0.2, -0.15) is 0 Å². The number of thiazole rings is 1. The number of carbonyl (C=O) groups is 1. The summed E-state index contributed by atoms with van der Waals surface area (Å²) in [6, 6.07) is 7.74. The van der Waals surface area contributed by atoms with E-state index in [1.165, 1.54) is 11.3 Å². The Hall–Kier alpha value is -1.54. The number of rotatable bonds is 7. The third-order valence-corrected chi connectivity index (χ3v) is 3.90. The molecule has 1 atom stereocenters. The molecule has 0 radical (unpaired) electrons. The molecule has 3 N–H and O–H groups in total. The van der Waals surface area contributed by atoms with E-state index >= 15 is 0 Å².